The number of nitrogens with one attached hydrogen (secondary N) is 1. The highest BCUT2D eigenvalue weighted by molar-refractivity contribution is 6.36. The van der Waals surface area contributed by atoms with Crippen LogP contribution in [0.2, 0.25) is 0 Å². The van der Waals surface area contributed by atoms with Crippen LogP contribution in [0.5, 0.6) is 0 Å². The van der Waals surface area contributed by atoms with Gasteiger partial charge < -0.3 is 5.32 Å². The van der Waals surface area contributed by atoms with Crippen LogP contribution < -0.4 is 5.32 Å². The number of imide groups is 1. The quantitative estimate of drug-likeness (QED) is 0.318. The Labute approximate surface area is 243 Å². The van der Waals surface area contributed by atoms with Gasteiger partial charge in [0.2, 0.25) is 17.7 Å². The van der Waals surface area contributed by atoms with Gasteiger partial charge in [-0.3, -0.25) is 19.3 Å². The molecule has 3 aromatic rings. The molecule has 2 bridgehead atoms. The van der Waals surface area contributed by atoms with Crippen molar-refractivity contribution in [1.82, 2.24) is 10.2 Å². The number of carbonyl (C=O) groups is 3. The molecule has 0 unspecified atom stereocenters. The van der Waals surface area contributed by atoms with Crippen LogP contribution in [0, 0.1) is 11.8 Å². The lowest BCUT2D eigenvalue weighted by Gasteiger charge is -2.54. The molecule has 1 aliphatic heterocycles. The average molecular weight is 574 g/mol. The second-order valence-electron chi connectivity index (χ2n) is 11.6. The number of halogens is 2. The first-order valence-electron chi connectivity index (χ1n) is 14.2. The van der Waals surface area contributed by atoms with E-state index >= 15 is 0 Å². The number of likely N-dealkylation sites (tertiary alicyclic amines) is 1. The van der Waals surface area contributed by atoms with Crippen molar-refractivity contribution >= 4 is 40.9 Å². The highest BCUT2D eigenvalue weighted by atomic mass is 35.5. The summed E-state index contributed by atoms with van der Waals surface area (Å²) in [5.41, 5.74) is 3.88. The molecule has 1 N–H and O–H groups in total. The molecule has 40 heavy (non-hydrogen) atoms. The van der Waals surface area contributed by atoms with E-state index in [2.05, 4.69) is 5.32 Å². The van der Waals surface area contributed by atoms with Crippen molar-refractivity contribution in [2.45, 2.75) is 60.4 Å². The highest BCUT2D eigenvalue weighted by Crippen LogP contribution is 2.69. The second kappa shape index (κ2) is 9.46. The van der Waals surface area contributed by atoms with E-state index in [9.17, 15) is 14.4 Å². The molecule has 3 amide bonds. The summed E-state index contributed by atoms with van der Waals surface area (Å²) in [4.78, 5) is 41.6. The van der Waals surface area contributed by atoms with E-state index in [0.29, 0.717) is 0 Å². The summed E-state index contributed by atoms with van der Waals surface area (Å²) < 4.78 is 0. The van der Waals surface area contributed by atoms with Gasteiger partial charge in [-0.15, -0.1) is 23.2 Å². The van der Waals surface area contributed by atoms with Crippen molar-refractivity contribution in [3.63, 3.8) is 0 Å². The maximum atomic E-state index is 14.5. The van der Waals surface area contributed by atoms with E-state index in [1.54, 1.807) is 0 Å². The number of hydrogen-bond acceptors (Lipinski definition) is 3. The number of alkyl halides is 2. The molecule has 3 atom stereocenters. The zero-order valence-electron chi connectivity index (χ0n) is 22.0. The summed E-state index contributed by atoms with van der Waals surface area (Å²) in [6.07, 6.45) is 5.29. The Morgan fingerprint density at radius 1 is 0.750 bits per heavy atom. The van der Waals surface area contributed by atoms with Gasteiger partial charge in [-0.1, -0.05) is 98.1 Å². The Hall–Kier alpha value is -3.15. The molecule has 1 heterocycles. The Balaban J connectivity index is 1.35. The maximum absolute atomic E-state index is 14.5. The van der Waals surface area contributed by atoms with E-state index in [1.807, 2.05) is 78.9 Å². The Morgan fingerprint density at radius 3 is 1.68 bits per heavy atom. The molecule has 0 radical (unpaired) electrons. The summed E-state index contributed by atoms with van der Waals surface area (Å²) in [5, 5.41) is 3.18. The number of benzene rings is 3. The number of carbonyl (C=O) groups excluding carboxylic acids is 3. The summed E-state index contributed by atoms with van der Waals surface area (Å²) in [6.45, 7) is 0. The topological polar surface area (TPSA) is 66.5 Å². The van der Waals surface area contributed by atoms with Crippen LogP contribution in [0.1, 0.15) is 59.9 Å². The van der Waals surface area contributed by atoms with Gasteiger partial charge in [-0.2, -0.15) is 0 Å². The van der Waals surface area contributed by atoms with Gasteiger partial charge in [-0.25, -0.2) is 0 Å². The third-order valence-corrected chi connectivity index (χ3v) is 10.7. The lowest BCUT2D eigenvalue weighted by molar-refractivity contribution is -0.148. The zero-order valence-corrected chi connectivity index (χ0v) is 23.5. The minimum absolute atomic E-state index is 0.0398. The Morgan fingerprint density at radius 2 is 1.20 bits per heavy atom. The molecule has 2 fully saturated rings. The van der Waals surface area contributed by atoms with Gasteiger partial charge in [0.15, 0.2) is 0 Å². The SMILES string of the molecule is O=C(NC1CCCCC1)[C@H](Cc1ccccc1)N1C(=O)[C@H]2[C@H](C1=O)C1(Cl)c3ccccc3C2(Cl)c2ccccc21. The molecule has 0 spiro atoms. The standard InChI is InChI=1S/C33H30Cl2N2O3/c34-32-22-15-7-8-16-23(22)33(35,25-18-10-9-17-24(25)32)28-27(32)30(39)37(31(28)40)26(19-20-11-3-1-4-12-20)29(38)36-21-13-5-2-6-14-21/h1,3-4,7-12,15-18,21,26-28H,2,5-6,13-14,19H2,(H,36,38)/t26-,27+,28+,32?,33?/m0/s1. The smallest absolute Gasteiger partial charge is 0.243 e. The predicted molar refractivity (Wildman–Crippen MR) is 154 cm³/mol. The second-order valence-corrected chi connectivity index (χ2v) is 12.8. The molecule has 3 aromatic carbocycles. The van der Waals surface area contributed by atoms with Crippen molar-refractivity contribution in [2.24, 2.45) is 11.8 Å². The van der Waals surface area contributed by atoms with Crippen LogP contribution in [0.15, 0.2) is 78.9 Å². The van der Waals surface area contributed by atoms with Crippen LogP contribution in [-0.4, -0.2) is 34.7 Å². The molecule has 7 heteroatoms. The minimum atomic E-state index is -1.27. The fraction of sp³-hybridized carbons (Fsp3) is 0.364. The molecule has 1 saturated heterocycles. The largest absolute Gasteiger partial charge is 0.352 e. The van der Waals surface area contributed by atoms with Crippen LogP contribution in [0.25, 0.3) is 0 Å². The molecular formula is C33H30Cl2N2O3. The minimum Gasteiger partial charge on any atom is -0.352 e. The summed E-state index contributed by atoms with van der Waals surface area (Å²) >= 11 is 15.2. The lowest BCUT2D eigenvalue weighted by Crippen LogP contribution is -2.57. The van der Waals surface area contributed by atoms with Crippen molar-refractivity contribution in [3.05, 3.63) is 107 Å². The third kappa shape index (κ3) is 3.50. The Bertz CT molecular complexity index is 1400. The number of amides is 3. The molecular weight excluding hydrogens is 543 g/mol. The average Bonchev–Trinajstić information content (AvgIpc) is 3.26. The Kier molecular flexibility index (Phi) is 6.10. The fourth-order valence-corrected chi connectivity index (χ4v) is 8.78. The van der Waals surface area contributed by atoms with Gasteiger partial charge in [0.25, 0.3) is 0 Å². The van der Waals surface area contributed by atoms with E-state index in [0.717, 1.165) is 59.9 Å². The number of nitrogens with zero attached hydrogens (tertiary/aromatic N) is 1. The van der Waals surface area contributed by atoms with Gasteiger partial charge >= 0.3 is 0 Å². The lowest BCUT2D eigenvalue weighted by atomic mass is 9.54. The zero-order chi connectivity index (χ0) is 27.6. The molecule has 5 aliphatic rings. The van der Waals surface area contributed by atoms with Gasteiger partial charge in [-0.05, 0) is 40.7 Å². The number of hydrogen-bond donors (Lipinski definition) is 1. The summed E-state index contributed by atoms with van der Waals surface area (Å²) in [6, 6.07) is 23.7. The van der Waals surface area contributed by atoms with Crippen LogP contribution in [-0.2, 0) is 30.6 Å². The predicted octanol–water partition coefficient (Wildman–Crippen LogP) is 5.64. The highest BCUT2D eigenvalue weighted by Gasteiger charge is 2.73. The van der Waals surface area contributed by atoms with Gasteiger partial charge in [0.05, 0.1) is 11.8 Å². The first-order chi connectivity index (χ1) is 19.4. The van der Waals surface area contributed by atoms with E-state index in [4.69, 9.17) is 23.2 Å². The third-order valence-electron chi connectivity index (χ3n) is 9.46. The van der Waals surface area contributed by atoms with E-state index in [-0.39, 0.29) is 18.4 Å². The monoisotopic (exact) mass is 572 g/mol. The summed E-state index contributed by atoms with van der Waals surface area (Å²) in [7, 11) is 0. The molecule has 5 nitrogen and oxygen atoms in total. The van der Waals surface area contributed by atoms with Gasteiger partial charge in [0, 0.05) is 12.5 Å². The van der Waals surface area contributed by atoms with Crippen LogP contribution >= 0.6 is 23.2 Å². The number of rotatable bonds is 5. The van der Waals surface area contributed by atoms with E-state index < -0.39 is 39.4 Å². The van der Waals surface area contributed by atoms with Crippen molar-refractivity contribution in [1.29, 1.82) is 0 Å². The van der Waals surface area contributed by atoms with Gasteiger partial charge in [0.1, 0.15) is 15.8 Å². The van der Waals surface area contributed by atoms with Crippen molar-refractivity contribution in [2.75, 3.05) is 0 Å². The molecule has 0 aromatic heterocycles. The van der Waals surface area contributed by atoms with Crippen molar-refractivity contribution < 1.29 is 14.4 Å². The first kappa shape index (κ1) is 25.8. The molecule has 1 saturated carbocycles. The molecule has 8 rings (SSSR count). The molecule has 4 aliphatic carbocycles. The summed E-state index contributed by atoms with van der Waals surface area (Å²) in [5.74, 6) is -3.02. The first-order valence-corrected chi connectivity index (χ1v) is 14.9. The van der Waals surface area contributed by atoms with E-state index in [1.165, 1.54) is 4.90 Å². The van der Waals surface area contributed by atoms with Crippen molar-refractivity contribution in [3.8, 4) is 0 Å². The fourth-order valence-electron chi connectivity index (χ4n) is 7.68. The maximum Gasteiger partial charge on any atom is 0.243 e. The van der Waals surface area contributed by atoms with Crippen LogP contribution in [0.3, 0.4) is 0 Å². The normalized spacial score (nSPS) is 29.5. The molecule has 204 valence electrons. The van der Waals surface area contributed by atoms with Crippen LogP contribution in [0.4, 0.5) is 0 Å².